The van der Waals surface area contributed by atoms with Crippen LogP contribution in [0.4, 0.5) is 5.69 Å². The number of carbonyl (C=O) groups excluding carboxylic acids is 1. The van der Waals surface area contributed by atoms with Crippen molar-refractivity contribution in [3.05, 3.63) is 56.7 Å². The molecule has 138 valence electrons. The van der Waals surface area contributed by atoms with E-state index >= 15 is 0 Å². The molecule has 0 fully saturated rings. The van der Waals surface area contributed by atoms with Gasteiger partial charge in [-0.1, -0.05) is 15.9 Å². The first-order valence-electron chi connectivity index (χ1n) is 7.52. The van der Waals surface area contributed by atoms with Gasteiger partial charge in [0.2, 0.25) is 0 Å². The van der Waals surface area contributed by atoms with E-state index in [9.17, 15) is 4.79 Å². The topological polar surface area (TPSA) is 89.6 Å². The third kappa shape index (κ3) is 4.82. The highest BCUT2D eigenvalue weighted by atomic mass is 79.9. The molecular formula is C17H17Br2ClN4O2. The van der Waals surface area contributed by atoms with Gasteiger partial charge in [0.25, 0.3) is 5.91 Å². The lowest BCUT2D eigenvalue weighted by atomic mass is 9.92. The van der Waals surface area contributed by atoms with Gasteiger partial charge in [-0.05, 0) is 58.7 Å². The predicted octanol–water partition coefficient (Wildman–Crippen LogP) is 3.88. The number of amides is 1. The molecule has 1 aliphatic heterocycles. The van der Waals surface area contributed by atoms with Crippen LogP contribution in [0.2, 0.25) is 0 Å². The Morgan fingerprint density at radius 2 is 2.04 bits per heavy atom. The van der Waals surface area contributed by atoms with Crippen molar-refractivity contribution in [1.29, 1.82) is 0 Å². The number of carbonyl (C=O) groups is 1. The average molecular weight is 505 g/mol. The molecule has 3 N–H and O–H groups in total. The van der Waals surface area contributed by atoms with E-state index in [2.05, 4.69) is 47.2 Å². The molecule has 1 aromatic heterocycles. The van der Waals surface area contributed by atoms with Gasteiger partial charge in [0.15, 0.2) is 0 Å². The first kappa shape index (κ1) is 20.8. The number of pyridine rings is 1. The third-order valence-corrected chi connectivity index (χ3v) is 4.69. The molecule has 0 bridgehead atoms. The normalized spacial score (nSPS) is 19.3. The van der Waals surface area contributed by atoms with Crippen molar-refractivity contribution in [2.75, 3.05) is 18.5 Å². The fourth-order valence-corrected chi connectivity index (χ4v) is 3.29. The maximum absolute atomic E-state index is 12.4. The van der Waals surface area contributed by atoms with Crippen LogP contribution in [0.15, 0.2) is 50.5 Å². The lowest BCUT2D eigenvalue weighted by Crippen LogP contribution is -2.37. The van der Waals surface area contributed by atoms with E-state index in [-0.39, 0.29) is 18.3 Å². The minimum Gasteiger partial charge on any atom is -0.386 e. The predicted molar refractivity (Wildman–Crippen MR) is 111 cm³/mol. The summed E-state index contributed by atoms with van der Waals surface area (Å²) in [6.45, 7) is 2.71. The van der Waals surface area contributed by atoms with Crippen molar-refractivity contribution < 1.29 is 9.53 Å². The number of halogens is 3. The Morgan fingerprint density at radius 1 is 1.27 bits per heavy atom. The number of nitrogens with one attached hydrogen (secondary N) is 1. The van der Waals surface area contributed by atoms with Crippen LogP contribution in [0.3, 0.4) is 0 Å². The fraction of sp³-hybridized carbons (Fsp3) is 0.235. The molecule has 1 aromatic carbocycles. The molecule has 9 heteroatoms. The Kier molecular flexibility index (Phi) is 6.79. The Labute approximate surface area is 174 Å². The number of nitrogens with two attached hydrogens (primary N) is 1. The lowest BCUT2D eigenvalue weighted by Gasteiger charge is -2.30. The molecule has 0 saturated carbocycles. The highest BCUT2D eigenvalue weighted by molar-refractivity contribution is 9.10. The zero-order valence-electron chi connectivity index (χ0n) is 13.8. The summed E-state index contributed by atoms with van der Waals surface area (Å²) in [5, 5.41) is 2.86. The molecule has 0 unspecified atom stereocenters. The van der Waals surface area contributed by atoms with Crippen LogP contribution < -0.4 is 11.1 Å². The number of amidine groups is 1. The maximum Gasteiger partial charge on any atom is 0.274 e. The fourth-order valence-electron chi connectivity index (χ4n) is 2.56. The molecule has 1 aliphatic rings. The SMILES string of the molecule is C[C@@]1(c2cc(Br)cc(NC(=O)c3ccc(Br)cn3)c2)COCC(N)=N1.Cl. The number of rotatable bonds is 3. The van der Waals surface area contributed by atoms with Crippen LogP contribution >= 0.6 is 44.3 Å². The Balaban J connectivity index is 0.00000243. The molecule has 1 atom stereocenters. The van der Waals surface area contributed by atoms with Gasteiger partial charge in [-0.15, -0.1) is 12.4 Å². The second kappa shape index (κ2) is 8.47. The number of nitrogens with zero attached hydrogens (tertiary/aromatic N) is 2. The smallest absolute Gasteiger partial charge is 0.274 e. The summed E-state index contributed by atoms with van der Waals surface area (Å²) in [5.41, 5.74) is 7.09. The maximum atomic E-state index is 12.4. The molecule has 0 radical (unpaired) electrons. The molecule has 0 saturated heterocycles. The summed E-state index contributed by atoms with van der Waals surface area (Å²) in [4.78, 5) is 21.0. The van der Waals surface area contributed by atoms with Crippen molar-refractivity contribution in [3.63, 3.8) is 0 Å². The molecule has 1 amide bonds. The Bertz CT molecular complexity index is 845. The number of hydrogen-bond acceptors (Lipinski definition) is 5. The van der Waals surface area contributed by atoms with Gasteiger partial charge in [0.05, 0.1) is 6.61 Å². The number of ether oxygens (including phenoxy) is 1. The summed E-state index contributed by atoms with van der Waals surface area (Å²) >= 11 is 6.78. The van der Waals surface area contributed by atoms with E-state index in [1.165, 1.54) is 0 Å². The molecular weight excluding hydrogens is 487 g/mol. The molecule has 26 heavy (non-hydrogen) atoms. The number of aromatic nitrogens is 1. The van der Waals surface area contributed by atoms with Gasteiger partial charge in [-0.25, -0.2) is 4.98 Å². The third-order valence-electron chi connectivity index (χ3n) is 3.76. The first-order valence-corrected chi connectivity index (χ1v) is 9.10. The summed E-state index contributed by atoms with van der Waals surface area (Å²) in [7, 11) is 0. The number of benzene rings is 1. The highest BCUT2D eigenvalue weighted by Crippen LogP contribution is 2.32. The largest absolute Gasteiger partial charge is 0.386 e. The minimum atomic E-state index is -0.596. The molecule has 2 aromatic rings. The summed E-state index contributed by atoms with van der Waals surface area (Å²) in [6.07, 6.45) is 1.58. The molecule has 3 rings (SSSR count). The van der Waals surface area contributed by atoms with Crippen LogP contribution in [-0.2, 0) is 10.3 Å². The molecule has 2 heterocycles. The molecule has 0 spiro atoms. The summed E-state index contributed by atoms with van der Waals surface area (Å²) in [6, 6.07) is 9.05. The Morgan fingerprint density at radius 3 is 2.69 bits per heavy atom. The first-order chi connectivity index (χ1) is 11.9. The zero-order valence-corrected chi connectivity index (χ0v) is 17.8. The van der Waals surface area contributed by atoms with Gasteiger partial charge in [-0.3, -0.25) is 9.79 Å². The second-order valence-electron chi connectivity index (χ2n) is 5.91. The quantitative estimate of drug-likeness (QED) is 0.664. The summed E-state index contributed by atoms with van der Waals surface area (Å²) < 4.78 is 7.16. The summed E-state index contributed by atoms with van der Waals surface area (Å²) in [5.74, 6) is 0.169. The van der Waals surface area contributed by atoms with Gasteiger partial charge in [-0.2, -0.15) is 0 Å². The van der Waals surface area contributed by atoms with Gasteiger partial charge < -0.3 is 15.8 Å². The van der Waals surface area contributed by atoms with E-state index in [1.807, 2.05) is 25.1 Å². The van der Waals surface area contributed by atoms with Crippen LogP contribution in [0, 0.1) is 0 Å². The van der Waals surface area contributed by atoms with E-state index in [0.29, 0.717) is 30.4 Å². The van der Waals surface area contributed by atoms with Crippen molar-refractivity contribution in [2.24, 2.45) is 10.7 Å². The van der Waals surface area contributed by atoms with Crippen molar-refractivity contribution in [1.82, 2.24) is 4.98 Å². The van der Waals surface area contributed by atoms with Gasteiger partial charge in [0, 0.05) is 20.8 Å². The number of anilines is 1. The second-order valence-corrected chi connectivity index (χ2v) is 7.75. The van der Waals surface area contributed by atoms with E-state index in [0.717, 1.165) is 14.5 Å². The van der Waals surface area contributed by atoms with Gasteiger partial charge in [0.1, 0.15) is 23.7 Å². The van der Waals surface area contributed by atoms with E-state index in [4.69, 9.17) is 10.5 Å². The van der Waals surface area contributed by atoms with Gasteiger partial charge >= 0.3 is 0 Å². The highest BCUT2D eigenvalue weighted by Gasteiger charge is 2.30. The van der Waals surface area contributed by atoms with E-state index in [1.54, 1.807) is 18.3 Å². The van der Waals surface area contributed by atoms with E-state index < -0.39 is 5.54 Å². The lowest BCUT2D eigenvalue weighted by molar-refractivity contribution is 0.102. The van der Waals surface area contributed by atoms with Crippen LogP contribution in [0.1, 0.15) is 23.0 Å². The number of aliphatic imine (C=N–C) groups is 1. The van der Waals surface area contributed by atoms with Crippen LogP contribution in [-0.4, -0.2) is 29.9 Å². The van der Waals surface area contributed by atoms with Crippen LogP contribution in [0.25, 0.3) is 0 Å². The average Bonchev–Trinajstić information content (AvgIpc) is 2.54. The Hall–Kier alpha value is -1.48. The minimum absolute atomic E-state index is 0. The standard InChI is InChI=1S/C17H16Br2N4O2.ClH/c1-17(9-25-8-15(20)23-17)10-4-12(19)6-13(5-10)22-16(24)14-3-2-11(18)7-21-14;/h2-7H,8-9H2,1H3,(H2,20,23)(H,22,24);1H/t17-;/m0./s1. The van der Waals surface area contributed by atoms with Crippen molar-refractivity contribution in [3.8, 4) is 0 Å². The number of hydrogen-bond donors (Lipinski definition) is 2. The molecule has 0 aliphatic carbocycles. The van der Waals surface area contributed by atoms with Crippen molar-refractivity contribution >= 4 is 61.7 Å². The van der Waals surface area contributed by atoms with Crippen LogP contribution in [0.5, 0.6) is 0 Å². The zero-order chi connectivity index (χ0) is 18.0. The monoisotopic (exact) mass is 502 g/mol. The van der Waals surface area contributed by atoms with Crippen molar-refractivity contribution in [2.45, 2.75) is 12.5 Å². The molecule has 6 nitrogen and oxygen atoms in total.